The van der Waals surface area contributed by atoms with Gasteiger partial charge in [-0.05, 0) is 23.8 Å². The number of aromatic nitrogens is 1. The average molecular weight is 253 g/mol. The number of aromatic amines is 1. The van der Waals surface area contributed by atoms with Crippen molar-refractivity contribution in [3.63, 3.8) is 0 Å². The van der Waals surface area contributed by atoms with E-state index in [0.29, 0.717) is 5.76 Å². The molecule has 19 heavy (non-hydrogen) atoms. The lowest BCUT2D eigenvalue weighted by Crippen LogP contribution is -1.95. The van der Waals surface area contributed by atoms with Crippen LogP contribution in [-0.4, -0.2) is 10.1 Å². The van der Waals surface area contributed by atoms with Gasteiger partial charge in [-0.15, -0.1) is 0 Å². The second kappa shape index (κ2) is 4.49. The molecule has 0 aliphatic carbocycles. The molecule has 4 nitrogen and oxygen atoms in total. The third-order valence-corrected chi connectivity index (χ3v) is 2.82. The number of rotatable bonds is 2. The minimum Gasteiger partial charge on any atom is -0.508 e. The molecule has 0 saturated heterocycles. The smallest absolute Gasteiger partial charge is 0.339 e. The summed E-state index contributed by atoms with van der Waals surface area (Å²) in [7, 11) is 0. The minimum atomic E-state index is -0.571. The molecule has 0 atom stereocenters. The lowest BCUT2D eigenvalue weighted by molar-refractivity contribution is 0.444. The Kier molecular flexibility index (Phi) is 2.68. The molecule has 0 aliphatic rings. The predicted octanol–water partition coefficient (Wildman–Crippen LogP) is 3.00. The van der Waals surface area contributed by atoms with Crippen molar-refractivity contribution in [3.05, 3.63) is 64.3 Å². The van der Waals surface area contributed by atoms with E-state index in [1.807, 2.05) is 36.5 Å². The SMILES string of the molecule is O=c1cc(O)cc(/C=C/c2c[nH]c3ccccc23)o1. The zero-order chi connectivity index (χ0) is 13.2. The zero-order valence-corrected chi connectivity index (χ0v) is 9.96. The van der Waals surface area contributed by atoms with Crippen LogP contribution in [0.4, 0.5) is 0 Å². The molecule has 0 amide bonds. The quantitative estimate of drug-likeness (QED) is 0.737. The summed E-state index contributed by atoms with van der Waals surface area (Å²) >= 11 is 0. The Labute approximate surface area is 108 Å². The van der Waals surface area contributed by atoms with Gasteiger partial charge in [0.15, 0.2) is 0 Å². The van der Waals surface area contributed by atoms with Gasteiger partial charge in [0.25, 0.3) is 0 Å². The summed E-state index contributed by atoms with van der Waals surface area (Å²) in [5.41, 5.74) is 1.46. The first kappa shape index (κ1) is 11.3. The summed E-state index contributed by atoms with van der Waals surface area (Å²) in [5, 5.41) is 10.4. The Morgan fingerprint density at radius 2 is 2.00 bits per heavy atom. The highest BCUT2D eigenvalue weighted by molar-refractivity contribution is 5.91. The summed E-state index contributed by atoms with van der Waals surface area (Å²) in [6.45, 7) is 0. The molecule has 1 aromatic carbocycles. The number of fused-ring (bicyclic) bond motifs is 1. The van der Waals surface area contributed by atoms with Crippen molar-refractivity contribution in [2.45, 2.75) is 0 Å². The lowest BCUT2D eigenvalue weighted by Gasteiger charge is -1.94. The van der Waals surface area contributed by atoms with Gasteiger partial charge in [-0.1, -0.05) is 18.2 Å². The second-order valence-electron chi connectivity index (χ2n) is 4.16. The van der Waals surface area contributed by atoms with Crippen molar-refractivity contribution >= 4 is 23.1 Å². The molecule has 3 aromatic rings. The van der Waals surface area contributed by atoms with Crippen LogP contribution in [0.25, 0.3) is 23.1 Å². The largest absolute Gasteiger partial charge is 0.508 e. The fourth-order valence-corrected chi connectivity index (χ4v) is 1.97. The Morgan fingerprint density at radius 1 is 1.16 bits per heavy atom. The Bertz CT molecular complexity index is 811. The van der Waals surface area contributed by atoms with Gasteiger partial charge in [-0.2, -0.15) is 0 Å². The molecule has 2 N–H and O–H groups in total. The van der Waals surface area contributed by atoms with Gasteiger partial charge in [-0.3, -0.25) is 0 Å². The molecule has 0 spiro atoms. The van der Waals surface area contributed by atoms with Crippen LogP contribution in [-0.2, 0) is 0 Å². The Balaban J connectivity index is 2.00. The van der Waals surface area contributed by atoms with Crippen molar-refractivity contribution in [3.8, 4) is 5.75 Å². The molecule has 0 radical (unpaired) electrons. The zero-order valence-electron chi connectivity index (χ0n) is 9.96. The van der Waals surface area contributed by atoms with Crippen molar-refractivity contribution in [1.29, 1.82) is 0 Å². The van der Waals surface area contributed by atoms with Gasteiger partial charge in [0, 0.05) is 23.2 Å². The van der Waals surface area contributed by atoms with E-state index in [2.05, 4.69) is 4.98 Å². The van der Waals surface area contributed by atoms with Gasteiger partial charge in [-0.25, -0.2) is 4.79 Å². The fraction of sp³-hybridized carbons (Fsp3) is 0. The highest BCUT2D eigenvalue weighted by Gasteiger charge is 2.00. The number of H-pyrrole nitrogens is 1. The molecule has 2 aromatic heterocycles. The summed E-state index contributed by atoms with van der Waals surface area (Å²) in [5.74, 6) is 0.213. The van der Waals surface area contributed by atoms with Crippen LogP contribution in [0.3, 0.4) is 0 Å². The van der Waals surface area contributed by atoms with E-state index in [0.717, 1.165) is 22.5 Å². The maximum Gasteiger partial charge on any atom is 0.339 e. The standard InChI is InChI=1S/C15H11NO3/c17-11-7-12(19-15(18)8-11)6-5-10-9-16-14-4-2-1-3-13(10)14/h1-9,16-17H/b6-5+. The molecule has 0 aliphatic heterocycles. The van der Waals surface area contributed by atoms with E-state index in [1.165, 1.54) is 6.07 Å². The van der Waals surface area contributed by atoms with Crippen LogP contribution in [0.2, 0.25) is 0 Å². The normalized spacial score (nSPS) is 11.4. The van der Waals surface area contributed by atoms with Crippen molar-refractivity contribution in [2.75, 3.05) is 0 Å². The number of para-hydroxylation sites is 1. The summed E-state index contributed by atoms with van der Waals surface area (Å²) in [6, 6.07) is 10.3. The molecule has 0 saturated carbocycles. The molecule has 94 valence electrons. The molecular weight excluding hydrogens is 242 g/mol. The van der Waals surface area contributed by atoms with Crippen LogP contribution in [0.15, 0.2) is 51.8 Å². The lowest BCUT2D eigenvalue weighted by atomic mass is 10.1. The van der Waals surface area contributed by atoms with Crippen LogP contribution >= 0.6 is 0 Å². The second-order valence-corrected chi connectivity index (χ2v) is 4.16. The first-order valence-electron chi connectivity index (χ1n) is 5.81. The Hall–Kier alpha value is -2.75. The predicted molar refractivity (Wildman–Crippen MR) is 73.9 cm³/mol. The monoisotopic (exact) mass is 253 g/mol. The van der Waals surface area contributed by atoms with E-state index < -0.39 is 5.63 Å². The average Bonchev–Trinajstić information content (AvgIpc) is 2.78. The highest BCUT2D eigenvalue weighted by atomic mass is 16.4. The van der Waals surface area contributed by atoms with Crippen LogP contribution in [0.1, 0.15) is 11.3 Å². The number of hydrogen-bond donors (Lipinski definition) is 2. The molecule has 0 fully saturated rings. The molecular formula is C15H11NO3. The van der Waals surface area contributed by atoms with E-state index in [9.17, 15) is 9.90 Å². The van der Waals surface area contributed by atoms with Crippen LogP contribution in [0.5, 0.6) is 5.75 Å². The van der Waals surface area contributed by atoms with Crippen LogP contribution < -0.4 is 5.63 Å². The van der Waals surface area contributed by atoms with Crippen LogP contribution in [0, 0.1) is 0 Å². The number of hydrogen-bond acceptors (Lipinski definition) is 3. The summed E-state index contributed by atoms with van der Waals surface area (Å²) in [6.07, 6.45) is 5.36. The fourth-order valence-electron chi connectivity index (χ4n) is 1.97. The molecule has 0 bridgehead atoms. The van der Waals surface area contributed by atoms with E-state index >= 15 is 0 Å². The molecule has 3 rings (SSSR count). The number of benzene rings is 1. The van der Waals surface area contributed by atoms with Gasteiger partial charge in [0.1, 0.15) is 11.5 Å². The topological polar surface area (TPSA) is 66.2 Å². The minimum absolute atomic E-state index is 0.102. The van der Waals surface area contributed by atoms with Gasteiger partial charge < -0.3 is 14.5 Å². The van der Waals surface area contributed by atoms with E-state index in [4.69, 9.17) is 4.42 Å². The molecule has 0 unspecified atom stereocenters. The van der Waals surface area contributed by atoms with Gasteiger partial charge in [0.05, 0.1) is 6.07 Å². The van der Waals surface area contributed by atoms with E-state index in [1.54, 1.807) is 6.08 Å². The highest BCUT2D eigenvalue weighted by Crippen LogP contribution is 2.20. The summed E-state index contributed by atoms with van der Waals surface area (Å²) < 4.78 is 4.96. The van der Waals surface area contributed by atoms with Crippen molar-refractivity contribution in [2.24, 2.45) is 0 Å². The first-order chi connectivity index (χ1) is 9.22. The van der Waals surface area contributed by atoms with Gasteiger partial charge >= 0.3 is 5.63 Å². The van der Waals surface area contributed by atoms with Crippen molar-refractivity contribution in [1.82, 2.24) is 4.98 Å². The maximum absolute atomic E-state index is 11.1. The third-order valence-electron chi connectivity index (χ3n) is 2.82. The number of nitrogens with one attached hydrogen (secondary N) is 1. The van der Waals surface area contributed by atoms with E-state index in [-0.39, 0.29) is 5.75 Å². The molecule has 4 heteroatoms. The number of aromatic hydroxyl groups is 1. The first-order valence-corrected chi connectivity index (χ1v) is 5.81. The summed E-state index contributed by atoms with van der Waals surface area (Å²) in [4.78, 5) is 14.3. The third kappa shape index (κ3) is 2.28. The van der Waals surface area contributed by atoms with Gasteiger partial charge in [0.2, 0.25) is 0 Å². The van der Waals surface area contributed by atoms with Crippen molar-refractivity contribution < 1.29 is 9.52 Å². The Morgan fingerprint density at radius 3 is 2.84 bits per heavy atom. The molecule has 2 heterocycles. The maximum atomic E-state index is 11.1.